The van der Waals surface area contributed by atoms with E-state index in [1.165, 1.54) is 0 Å². The average Bonchev–Trinajstić information content (AvgIpc) is 3.80. The van der Waals surface area contributed by atoms with Crippen LogP contribution in [0, 0.1) is 28.6 Å². The molecule has 3 amide bonds. The highest BCUT2D eigenvalue weighted by Crippen LogP contribution is 2.39. The molecule has 1 saturated heterocycles. The minimum Gasteiger partial charge on any atom is -0.468 e. The van der Waals surface area contributed by atoms with Crippen LogP contribution in [0.15, 0.2) is 53.4 Å². The maximum atomic E-state index is 14.3. The van der Waals surface area contributed by atoms with Crippen molar-refractivity contribution in [2.45, 2.75) is 117 Å². The molecule has 0 aliphatic carbocycles. The highest BCUT2D eigenvalue weighted by atomic mass is 16.5. The van der Waals surface area contributed by atoms with Crippen molar-refractivity contribution in [1.82, 2.24) is 30.3 Å². The Kier molecular flexibility index (Phi) is 15.6. The van der Waals surface area contributed by atoms with Crippen LogP contribution in [-0.2, 0) is 30.3 Å². The van der Waals surface area contributed by atoms with Gasteiger partial charge in [-0.3, -0.25) is 24.3 Å². The van der Waals surface area contributed by atoms with Gasteiger partial charge in [0.05, 0.1) is 35.8 Å². The van der Waals surface area contributed by atoms with Gasteiger partial charge in [-0.2, -0.15) is 0 Å². The molecule has 1 aromatic carbocycles. The summed E-state index contributed by atoms with van der Waals surface area (Å²) in [4.78, 5) is 63.6. The number of ether oxygens (including phenoxy) is 2. The molecular weight excluding hydrogens is 699 g/mol. The van der Waals surface area contributed by atoms with Crippen molar-refractivity contribution in [3.63, 3.8) is 0 Å². The number of nitrogens with zero attached hydrogens (tertiary/aromatic N) is 5. The van der Waals surface area contributed by atoms with Gasteiger partial charge in [0.1, 0.15) is 12.1 Å². The second kappa shape index (κ2) is 19.7. The predicted octanol–water partition coefficient (Wildman–Crippen LogP) is 5.33. The molecule has 0 spiro atoms. The fraction of sp³-hybridized carbons (Fsp3) is 0.667. The first-order valence-corrected chi connectivity index (χ1v) is 20.0. The molecule has 4 rings (SSSR count). The Hall–Kier alpha value is -4.10. The van der Waals surface area contributed by atoms with Crippen molar-refractivity contribution >= 4 is 28.5 Å². The van der Waals surface area contributed by atoms with Crippen LogP contribution < -0.4 is 10.6 Å². The van der Waals surface area contributed by atoms with E-state index in [4.69, 9.17) is 9.47 Å². The van der Waals surface area contributed by atoms with E-state index < -0.39 is 30.2 Å². The molecule has 0 bridgehead atoms. The zero-order chi connectivity index (χ0) is 40.6. The highest BCUT2D eigenvalue weighted by Gasteiger charge is 2.46. The van der Waals surface area contributed by atoms with Gasteiger partial charge < -0.3 is 29.9 Å². The number of likely N-dealkylation sites (tertiary alicyclic amines) is 1. The third-order valence-electron chi connectivity index (χ3n) is 11.7. The van der Waals surface area contributed by atoms with Gasteiger partial charge in [-0.05, 0) is 74.2 Å². The number of rotatable bonds is 19. The van der Waals surface area contributed by atoms with E-state index in [0.717, 1.165) is 35.6 Å². The molecule has 13 heteroatoms. The summed E-state index contributed by atoms with van der Waals surface area (Å²) >= 11 is 0. The van der Waals surface area contributed by atoms with E-state index in [1.54, 1.807) is 25.3 Å². The Morgan fingerprint density at radius 2 is 1.76 bits per heavy atom. The van der Waals surface area contributed by atoms with E-state index in [1.807, 2.05) is 65.9 Å². The van der Waals surface area contributed by atoms with Crippen molar-refractivity contribution in [3.05, 3.63) is 58.7 Å². The highest BCUT2D eigenvalue weighted by molar-refractivity contribution is 5.90. The molecule has 304 valence electrons. The number of likely N-dealkylation sites (N-methyl/N-ethyl adjacent to an activating group) is 2. The number of hydrogen-bond acceptors (Lipinski definition) is 10. The normalized spacial score (nSPS) is 20.7. The lowest BCUT2D eigenvalue weighted by molar-refractivity contribution is -0.143. The third-order valence-corrected chi connectivity index (χ3v) is 11.7. The number of amides is 3. The maximum absolute atomic E-state index is 14.3. The van der Waals surface area contributed by atoms with Gasteiger partial charge in [0.2, 0.25) is 17.7 Å². The van der Waals surface area contributed by atoms with Gasteiger partial charge in [-0.15, -0.1) is 4.91 Å². The molecular formula is C42H65N7O6. The lowest BCUT2D eigenvalue weighted by atomic mass is 9.89. The van der Waals surface area contributed by atoms with Crippen LogP contribution in [0.3, 0.4) is 0 Å². The SMILES string of the molecule is CC[C@H](C)C([C@H]1CC(N2CCC[C@H]2[C@H](OC)[C@@H](C)C(=O)NCCc2ccc3ccncc3c2)=C(N=O)O1)N(C)C(=O)[C@@H](NC(=O)[C@H](C(C)C)N(C)C)C(C)C. The Balaban J connectivity index is 1.47. The quantitative estimate of drug-likeness (QED) is 0.181. The molecule has 8 atom stereocenters. The molecule has 1 fully saturated rings. The van der Waals surface area contributed by atoms with Gasteiger partial charge in [0.25, 0.3) is 5.88 Å². The second-order valence-electron chi connectivity index (χ2n) is 16.4. The molecule has 1 unspecified atom stereocenters. The molecule has 13 nitrogen and oxygen atoms in total. The van der Waals surface area contributed by atoms with Gasteiger partial charge in [0, 0.05) is 56.6 Å². The first-order chi connectivity index (χ1) is 26.1. The van der Waals surface area contributed by atoms with Crippen LogP contribution in [0.1, 0.15) is 79.7 Å². The number of methoxy groups -OCH3 is 1. The molecule has 2 aliphatic heterocycles. The van der Waals surface area contributed by atoms with Crippen molar-refractivity contribution in [2.24, 2.45) is 28.8 Å². The summed E-state index contributed by atoms with van der Waals surface area (Å²) < 4.78 is 12.4. The number of hydrogen-bond donors (Lipinski definition) is 2. The number of nitrogens with one attached hydrogen (secondary N) is 2. The first kappa shape index (κ1) is 43.6. The number of fused-ring (bicyclic) bond motifs is 1. The van der Waals surface area contributed by atoms with Crippen molar-refractivity contribution < 1.29 is 23.9 Å². The minimum absolute atomic E-state index is 0.0102. The van der Waals surface area contributed by atoms with E-state index in [-0.39, 0.29) is 53.4 Å². The average molecular weight is 764 g/mol. The van der Waals surface area contributed by atoms with Crippen molar-refractivity contribution in [2.75, 3.05) is 41.3 Å². The first-order valence-electron chi connectivity index (χ1n) is 20.0. The standard InChI is InChI=1S/C42H65N7O6/c1-12-27(6)37(48(10)42(52)35(25(2)3)45-40(51)36(26(4)5)47(8)9)34-23-33(41(46-53)55-34)49-21-13-14-32(49)38(54-11)28(7)39(50)44-20-17-29-15-16-30-18-19-43-24-31(30)22-29/h15-16,18-19,22,24-28,32,34-38H,12-14,17,20-21,23H2,1-11H3,(H,44,50)(H,45,51)/t27-,28+,32-,34+,35-,36-,37?,38+/m0/s1. The summed E-state index contributed by atoms with van der Waals surface area (Å²) in [6, 6.07) is 6.51. The summed E-state index contributed by atoms with van der Waals surface area (Å²) in [7, 11) is 7.12. The van der Waals surface area contributed by atoms with Crippen molar-refractivity contribution in [3.8, 4) is 0 Å². The number of nitroso groups, excluding NO2 is 1. The Morgan fingerprint density at radius 1 is 1.04 bits per heavy atom. The Bertz CT molecular complexity index is 1660. The van der Waals surface area contributed by atoms with Crippen LogP contribution in [-0.4, -0.2) is 115 Å². The fourth-order valence-corrected chi connectivity index (χ4v) is 8.62. The minimum atomic E-state index is -0.745. The van der Waals surface area contributed by atoms with Crippen LogP contribution in [0.4, 0.5) is 0 Å². The number of pyridine rings is 1. The zero-order valence-electron chi connectivity index (χ0n) is 34.9. The molecule has 55 heavy (non-hydrogen) atoms. The number of carbonyl (C=O) groups is 3. The van der Waals surface area contributed by atoms with Gasteiger partial charge in [0.15, 0.2) is 0 Å². The van der Waals surface area contributed by atoms with Gasteiger partial charge >= 0.3 is 0 Å². The number of benzene rings is 1. The second-order valence-corrected chi connectivity index (χ2v) is 16.4. The number of aromatic nitrogens is 1. The van der Waals surface area contributed by atoms with Crippen LogP contribution in [0.5, 0.6) is 0 Å². The molecule has 2 aliphatic rings. The lowest BCUT2D eigenvalue weighted by Gasteiger charge is -2.39. The topological polar surface area (TPSA) is 146 Å². The van der Waals surface area contributed by atoms with E-state index in [2.05, 4.69) is 57.7 Å². The monoisotopic (exact) mass is 763 g/mol. The molecule has 2 N–H and O–H groups in total. The van der Waals surface area contributed by atoms with Crippen LogP contribution in [0.25, 0.3) is 10.8 Å². The largest absolute Gasteiger partial charge is 0.468 e. The van der Waals surface area contributed by atoms with Crippen LogP contribution >= 0.6 is 0 Å². The Labute approximate surface area is 327 Å². The lowest BCUT2D eigenvalue weighted by Crippen LogP contribution is -2.59. The van der Waals surface area contributed by atoms with E-state index in [9.17, 15) is 19.3 Å². The molecule has 1 aromatic heterocycles. The van der Waals surface area contributed by atoms with E-state index >= 15 is 0 Å². The predicted molar refractivity (Wildman–Crippen MR) is 216 cm³/mol. The smallest absolute Gasteiger partial charge is 0.275 e. The Morgan fingerprint density at radius 3 is 2.38 bits per heavy atom. The fourth-order valence-electron chi connectivity index (χ4n) is 8.62. The van der Waals surface area contributed by atoms with Gasteiger partial charge in [-0.25, -0.2) is 0 Å². The molecule has 0 radical (unpaired) electrons. The van der Waals surface area contributed by atoms with E-state index in [0.29, 0.717) is 31.6 Å². The third kappa shape index (κ3) is 10.2. The summed E-state index contributed by atoms with van der Waals surface area (Å²) in [5.41, 5.74) is 1.79. The van der Waals surface area contributed by atoms with Gasteiger partial charge in [-0.1, -0.05) is 67.0 Å². The molecule has 2 aromatic rings. The summed E-state index contributed by atoms with van der Waals surface area (Å²) in [5, 5.41) is 11.7. The summed E-state index contributed by atoms with van der Waals surface area (Å²) in [5.74, 6) is -1.04. The maximum Gasteiger partial charge on any atom is 0.275 e. The summed E-state index contributed by atoms with van der Waals surface area (Å²) in [6.07, 6.45) is 6.08. The number of carbonyl (C=O) groups excluding carboxylic acids is 3. The van der Waals surface area contributed by atoms with Crippen LogP contribution in [0.2, 0.25) is 0 Å². The molecule has 0 saturated carbocycles. The molecule has 3 heterocycles. The van der Waals surface area contributed by atoms with Crippen molar-refractivity contribution in [1.29, 1.82) is 0 Å². The summed E-state index contributed by atoms with van der Waals surface area (Å²) in [6.45, 7) is 15.0. The zero-order valence-corrected chi connectivity index (χ0v) is 34.9.